The molecule has 1 unspecified atom stereocenters. The van der Waals surface area contributed by atoms with Crippen LogP contribution < -0.4 is 10.1 Å². The molecule has 2 heterocycles. The summed E-state index contributed by atoms with van der Waals surface area (Å²) in [6.45, 7) is 4.62. The minimum Gasteiger partial charge on any atom is -0.434 e. The third-order valence-electron chi connectivity index (χ3n) is 4.53. The van der Waals surface area contributed by atoms with E-state index in [1.165, 1.54) is 6.42 Å². The molecular formula is C16H22BrF2N3O. The topological polar surface area (TPSA) is 27.7 Å². The summed E-state index contributed by atoms with van der Waals surface area (Å²) >= 11 is 3.31. The highest BCUT2D eigenvalue weighted by Crippen LogP contribution is 2.28. The van der Waals surface area contributed by atoms with Gasteiger partial charge in [-0.05, 0) is 40.0 Å². The van der Waals surface area contributed by atoms with E-state index < -0.39 is 6.61 Å². The van der Waals surface area contributed by atoms with Crippen molar-refractivity contribution in [2.24, 2.45) is 0 Å². The Bertz CT molecular complexity index is 526. The summed E-state index contributed by atoms with van der Waals surface area (Å²) in [6.07, 6.45) is 1.20. The highest BCUT2D eigenvalue weighted by atomic mass is 79.9. The van der Waals surface area contributed by atoms with Crippen LogP contribution in [0, 0.1) is 0 Å². The Hall–Kier alpha value is -0.760. The molecule has 4 nitrogen and oxygen atoms in total. The normalized spacial score (nSPS) is 23.6. The van der Waals surface area contributed by atoms with Gasteiger partial charge in [0.05, 0.1) is 4.47 Å². The summed E-state index contributed by atoms with van der Waals surface area (Å²) in [5, 5.41) is 3.39. The van der Waals surface area contributed by atoms with Gasteiger partial charge in [0.1, 0.15) is 5.75 Å². The van der Waals surface area contributed by atoms with Crippen molar-refractivity contribution in [1.82, 2.24) is 15.1 Å². The molecule has 23 heavy (non-hydrogen) atoms. The summed E-state index contributed by atoms with van der Waals surface area (Å²) in [7, 11) is 0. The molecule has 0 bridgehead atoms. The van der Waals surface area contributed by atoms with Crippen LogP contribution in [0.4, 0.5) is 8.78 Å². The van der Waals surface area contributed by atoms with E-state index in [0.29, 0.717) is 10.5 Å². The third-order valence-corrected chi connectivity index (χ3v) is 5.15. The summed E-state index contributed by atoms with van der Waals surface area (Å²) in [6, 6.07) is 5.98. The molecular weight excluding hydrogens is 368 g/mol. The first-order valence-corrected chi connectivity index (χ1v) is 8.81. The van der Waals surface area contributed by atoms with Crippen LogP contribution in [0.1, 0.15) is 12.0 Å². The molecule has 0 radical (unpaired) electrons. The molecule has 2 aliphatic heterocycles. The molecule has 1 aromatic rings. The van der Waals surface area contributed by atoms with Gasteiger partial charge in [-0.25, -0.2) is 0 Å². The molecule has 1 atom stereocenters. The predicted molar refractivity (Wildman–Crippen MR) is 88.9 cm³/mol. The summed E-state index contributed by atoms with van der Waals surface area (Å²) in [5.74, 6) is 0.184. The lowest BCUT2D eigenvalue weighted by atomic mass is 10.2. The number of nitrogens with zero attached hydrogens (tertiary/aromatic N) is 2. The average Bonchev–Trinajstić information content (AvgIpc) is 2.99. The lowest BCUT2D eigenvalue weighted by molar-refractivity contribution is -0.0503. The number of ether oxygens (including phenoxy) is 1. The molecule has 2 aliphatic rings. The predicted octanol–water partition coefficient (Wildman–Crippen LogP) is 2.53. The fraction of sp³-hybridized carbons (Fsp3) is 0.625. The van der Waals surface area contributed by atoms with E-state index in [1.807, 2.05) is 12.1 Å². The van der Waals surface area contributed by atoms with E-state index in [2.05, 4.69) is 35.8 Å². The van der Waals surface area contributed by atoms with Crippen molar-refractivity contribution in [3.63, 3.8) is 0 Å². The number of hydrogen-bond acceptors (Lipinski definition) is 4. The maximum Gasteiger partial charge on any atom is 0.387 e. The average molecular weight is 390 g/mol. The van der Waals surface area contributed by atoms with E-state index in [1.54, 1.807) is 6.07 Å². The van der Waals surface area contributed by atoms with Gasteiger partial charge in [0, 0.05) is 51.9 Å². The zero-order chi connectivity index (χ0) is 16.2. The number of nitrogens with one attached hydrogen (secondary N) is 1. The second-order valence-electron chi connectivity index (χ2n) is 6.11. The quantitative estimate of drug-likeness (QED) is 0.837. The molecule has 2 saturated heterocycles. The number of rotatable bonds is 5. The number of benzene rings is 1. The van der Waals surface area contributed by atoms with Gasteiger partial charge in [0.2, 0.25) is 0 Å². The molecule has 3 rings (SSSR count). The molecule has 0 aliphatic carbocycles. The zero-order valence-corrected chi connectivity index (χ0v) is 14.6. The van der Waals surface area contributed by atoms with Crippen molar-refractivity contribution in [2.45, 2.75) is 25.6 Å². The van der Waals surface area contributed by atoms with Gasteiger partial charge in [0.25, 0.3) is 0 Å². The second-order valence-corrected chi connectivity index (χ2v) is 6.96. The fourth-order valence-electron chi connectivity index (χ4n) is 3.39. The Kier molecular flexibility index (Phi) is 5.85. The largest absolute Gasteiger partial charge is 0.434 e. The summed E-state index contributed by atoms with van der Waals surface area (Å²) < 4.78 is 29.6. The van der Waals surface area contributed by atoms with Crippen molar-refractivity contribution in [1.29, 1.82) is 0 Å². The molecule has 1 aromatic carbocycles. The highest BCUT2D eigenvalue weighted by Gasteiger charge is 2.28. The molecule has 128 valence electrons. The van der Waals surface area contributed by atoms with Gasteiger partial charge in [-0.15, -0.1) is 0 Å². The zero-order valence-electron chi connectivity index (χ0n) is 13.0. The molecule has 0 spiro atoms. The first-order valence-electron chi connectivity index (χ1n) is 8.02. The maximum absolute atomic E-state index is 12.3. The molecule has 2 fully saturated rings. The molecule has 7 heteroatoms. The Morgan fingerprint density at radius 3 is 2.74 bits per heavy atom. The first kappa shape index (κ1) is 17.1. The monoisotopic (exact) mass is 389 g/mol. The number of likely N-dealkylation sites (tertiary alicyclic amines) is 1. The molecule has 0 amide bonds. The maximum atomic E-state index is 12.3. The van der Waals surface area contributed by atoms with Crippen LogP contribution in [0.5, 0.6) is 5.75 Å². The van der Waals surface area contributed by atoms with Gasteiger partial charge in [-0.2, -0.15) is 8.78 Å². The SMILES string of the molecule is FC(F)Oc1ccc(CN2CCC(N3CCNCC3)C2)cc1Br. The number of piperazine rings is 1. The molecule has 0 aromatic heterocycles. The fourth-order valence-corrected chi connectivity index (χ4v) is 3.91. The Labute approximate surface area is 143 Å². The number of halogens is 3. The van der Waals surface area contributed by atoms with Crippen LogP contribution in [-0.2, 0) is 6.54 Å². The van der Waals surface area contributed by atoms with Gasteiger partial charge < -0.3 is 10.1 Å². The molecule has 1 N–H and O–H groups in total. The Balaban J connectivity index is 1.54. The van der Waals surface area contributed by atoms with E-state index in [4.69, 9.17) is 0 Å². The smallest absolute Gasteiger partial charge is 0.387 e. The minimum atomic E-state index is -2.80. The minimum absolute atomic E-state index is 0.184. The highest BCUT2D eigenvalue weighted by molar-refractivity contribution is 9.10. The van der Waals surface area contributed by atoms with E-state index in [0.717, 1.165) is 51.4 Å². The van der Waals surface area contributed by atoms with E-state index >= 15 is 0 Å². The first-order chi connectivity index (χ1) is 11.1. The Morgan fingerprint density at radius 2 is 2.04 bits per heavy atom. The summed E-state index contributed by atoms with van der Waals surface area (Å²) in [5.41, 5.74) is 1.11. The van der Waals surface area contributed by atoms with Gasteiger partial charge in [-0.3, -0.25) is 9.80 Å². The van der Waals surface area contributed by atoms with E-state index in [-0.39, 0.29) is 5.75 Å². The van der Waals surface area contributed by atoms with Crippen LogP contribution in [0.15, 0.2) is 22.7 Å². The van der Waals surface area contributed by atoms with Crippen molar-refractivity contribution in [2.75, 3.05) is 39.3 Å². The lowest BCUT2D eigenvalue weighted by Gasteiger charge is -2.32. The third kappa shape index (κ3) is 4.62. The lowest BCUT2D eigenvalue weighted by Crippen LogP contribution is -2.49. The van der Waals surface area contributed by atoms with Crippen molar-refractivity contribution >= 4 is 15.9 Å². The van der Waals surface area contributed by atoms with Crippen molar-refractivity contribution in [3.8, 4) is 5.75 Å². The Morgan fingerprint density at radius 1 is 1.26 bits per heavy atom. The van der Waals surface area contributed by atoms with Crippen LogP contribution in [0.3, 0.4) is 0 Å². The van der Waals surface area contributed by atoms with Gasteiger partial charge in [0.15, 0.2) is 0 Å². The standard InChI is InChI=1S/C16H22BrF2N3O/c17-14-9-12(1-2-15(14)23-16(18)19)10-21-6-3-13(11-21)22-7-4-20-5-8-22/h1-2,9,13,16,20H,3-8,10-11H2. The molecule has 0 saturated carbocycles. The number of alkyl halides is 2. The second kappa shape index (κ2) is 7.88. The van der Waals surface area contributed by atoms with Crippen molar-refractivity contribution in [3.05, 3.63) is 28.2 Å². The van der Waals surface area contributed by atoms with Crippen LogP contribution in [0.2, 0.25) is 0 Å². The van der Waals surface area contributed by atoms with Crippen LogP contribution in [0.25, 0.3) is 0 Å². The summed E-state index contributed by atoms with van der Waals surface area (Å²) in [4.78, 5) is 5.01. The van der Waals surface area contributed by atoms with Crippen LogP contribution in [-0.4, -0.2) is 61.7 Å². The van der Waals surface area contributed by atoms with Gasteiger partial charge in [-0.1, -0.05) is 6.07 Å². The van der Waals surface area contributed by atoms with Crippen LogP contribution >= 0.6 is 15.9 Å². The van der Waals surface area contributed by atoms with E-state index in [9.17, 15) is 8.78 Å². The number of hydrogen-bond donors (Lipinski definition) is 1. The van der Waals surface area contributed by atoms with Gasteiger partial charge >= 0.3 is 6.61 Å². The van der Waals surface area contributed by atoms with Crippen molar-refractivity contribution < 1.29 is 13.5 Å².